The Kier molecular flexibility index (Phi) is 3.88. The molecule has 1 saturated heterocycles. The van der Waals surface area contributed by atoms with Crippen LogP contribution in [0.1, 0.15) is 6.42 Å². The quantitative estimate of drug-likeness (QED) is 0.846. The molecule has 0 aliphatic carbocycles. The number of hydrogen-bond donors (Lipinski definition) is 1. The summed E-state index contributed by atoms with van der Waals surface area (Å²) in [5.74, 6) is 0.770. The highest BCUT2D eigenvalue weighted by Crippen LogP contribution is 2.34. The molecule has 2 rings (SSSR count). The summed E-state index contributed by atoms with van der Waals surface area (Å²) in [7, 11) is 1.59. The molecule has 0 bridgehead atoms. The van der Waals surface area contributed by atoms with Crippen molar-refractivity contribution in [2.75, 3.05) is 25.2 Å². The van der Waals surface area contributed by atoms with Crippen molar-refractivity contribution < 1.29 is 14.6 Å². The van der Waals surface area contributed by atoms with E-state index in [1.54, 1.807) is 12.0 Å². The Balaban J connectivity index is 2.33. The minimum Gasteiger partial charge on any atom is -0.495 e. The number of aliphatic hydroxyl groups is 1. The molecule has 1 aliphatic rings. The van der Waals surface area contributed by atoms with Gasteiger partial charge in [0.1, 0.15) is 5.75 Å². The SMILES string of the molecule is COc1ccc(I)cc1N1CC(CO)CC1=O. The van der Waals surface area contributed by atoms with Gasteiger partial charge in [0.15, 0.2) is 0 Å². The third-order valence-corrected chi connectivity index (χ3v) is 3.57. The Labute approximate surface area is 114 Å². The topological polar surface area (TPSA) is 49.8 Å². The minimum atomic E-state index is 0.0325. The Morgan fingerprint density at radius 2 is 2.35 bits per heavy atom. The minimum absolute atomic E-state index is 0.0325. The molecule has 0 radical (unpaired) electrons. The zero-order valence-corrected chi connectivity index (χ0v) is 11.7. The Morgan fingerprint density at radius 3 is 2.94 bits per heavy atom. The first-order chi connectivity index (χ1) is 8.15. The molecule has 1 atom stereocenters. The lowest BCUT2D eigenvalue weighted by atomic mass is 10.1. The molecule has 17 heavy (non-hydrogen) atoms. The number of anilines is 1. The van der Waals surface area contributed by atoms with E-state index < -0.39 is 0 Å². The van der Waals surface area contributed by atoms with Crippen molar-refractivity contribution in [2.45, 2.75) is 6.42 Å². The van der Waals surface area contributed by atoms with Crippen molar-refractivity contribution in [3.05, 3.63) is 21.8 Å². The number of aliphatic hydroxyl groups excluding tert-OH is 1. The molecule has 0 spiro atoms. The van der Waals surface area contributed by atoms with Gasteiger partial charge in [-0.2, -0.15) is 0 Å². The highest BCUT2D eigenvalue weighted by Gasteiger charge is 2.31. The zero-order chi connectivity index (χ0) is 12.4. The lowest BCUT2D eigenvalue weighted by Crippen LogP contribution is -2.25. The van der Waals surface area contributed by atoms with Crippen LogP contribution in [-0.2, 0) is 4.79 Å². The predicted molar refractivity (Wildman–Crippen MR) is 73.3 cm³/mol. The van der Waals surface area contributed by atoms with E-state index in [0.29, 0.717) is 18.7 Å². The first-order valence-corrected chi connectivity index (χ1v) is 6.48. The number of nitrogens with zero attached hydrogens (tertiary/aromatic N) is 1. The van der Waals surface area contributed by atoms with Gasteiger partial charge in [-0.05, 0) is 40.8 Å². The van der Waals surface area contributed by atoms with Gasteiger partial charge in [-0.25, -0.2) is 0 Å². The fourth-order valence-corrected chi connectivity index (χ4v) is 2.49. The summed E-state index contributed by atoms with van der Waals surface area (Å²) in [6.45, 7) is 0.611. The number of methoxy groups -OCH3 is 1. The van der Waals surface area contributed by atoms with Crippen LogP contribution in [0.4, 0.5) is 5.69 Å². The summed E-state index contributed by atoms with van der Waals surface area (Å²) in [6.07, 6.45) is 0.408. The number of rotatable bonds is 3. The van der Waals surface area contributed by atoms with Crippen LogP contribution in [0.5, 0.6) is 5.75 Å². The number of ether oxygens (including phenoxy) is 1. The molecule has 0 aromatic heterocycles. The van der Waals surface area contributed by atoms with E-state index in [0.717, 1.165) is 9.26 Å². The van der Waals surface area contributed by atoms with E-state index in [-0.39, 0.29) is 18.4 Å². The maximum Gasteiger partial charge on any atom is 0.227 e. The average molecular weight is 347 g/mol. The van der Waals surface area contributed by atoms with Gasteiger partial charge >= 0.3 is 0 Å². The third-order valence-electron chi connectivity index (χ3n) is 2.90. The van der Waals surface area contributed by atoms with E-state index in [1.165, 1.54) is 0 Å². The number of carbonyl (C=O) groups excluding carboxylic acids is 1. The molecule has 1 unspecified atom stereocenters. The number of halogens is 1. The number of amides is 1. The largest absolute Gasteiger partial charge is 0.495 e. The Morgan fingerprint density at radius 1 is 1.59 bits per heavy atom. The van der Waals surface area contributed by atoms with Crippen molar-refractivity contribution in [2.24, 2.45) is 5.92 Å². The van der Waals surface area contributed by atoms with Gasteiger partial charge in [0.25, 0.3) is 0 Å². The standard InChI is InChI=1S/C12H14INO3/c1-17-11-3-2-9(13)5-10(11)14-6-8(7-15)4-12(14)16/h2-3,5,8,15H,4,6-7H2,1H3. The zero-order valence-electron chi connectivity index (χ0n) is 9.52. The molecule has 92 valence electrons. The molecule has 0 saturated carbocycles. The third kappa shape index (κ3) is 2.55. The molecule has 1 fully saturated rings. The van der Waals surface area contributed by atoms with Gasteiger partial charge in [0, 0.05) is 29.1 Å². The van der Waals surface area contributed by atoms with E-state index in [4.69, 9.17) is 9.84 Å². The van der Waals surface area contributed by atoms with Gasteiger partial charge in [-0.3, -0.25) is 4.79 Å². The fraction of sp³-hybridized carbons (Fsp3) is 0.417. The van der Waals surface area contributed by atoms with Crippen LogP contribution < -0.4 is 9.64 Å². The fourth-order valence-electron chi connectivity index (χ4n) is 2.01. The van der Waals surface area contributed by atoms with Crippen molar-refractivity contribution in [1.82, 2.24) is 0 Å². The summed E-state index contributed by atoms with van der Waals surface area (Å²) >= 11 is 2.20. The smallest absolute Gasteiger partial charge is 0.227 e. The van der Waals surface area contributed by atoms with Crippen molar-refractivity contribution >= 4 is 34.2 Å². The summed E-state index contributed by atoms with van der Waals surface area (Å²) in [4.78, 5) is 13.6. The van der Waals surface area contributed by atoms with Crippen LogP contribution in [-0.4, -0.2) is 31.3 Å². The van der Waals surface area contributed by atoms with E-state index in [2.05, 4.69) is 22.6 Å². The second-order valence-corrected chi connectivity index (χ2v) is 5.32. The van der Waals surface area contributed by atoms with Crippen LogP contribution in [0.15, 0.2) is 18.2 Å². The summed E-state index contributed by atoms with van der Waals surface area (Å²) in [5, 5.41) is 9.12. The molecule has 1 N–H and O–H groups in total. The monoisotopic (exact) mass is 347 g/mol. The van der Waals surface area contributed by atoms with Gasteiger partial charge < -0.3 is 14.7 Å². The lowest BCUT2D eigenvalue weighted by molar-refractivity contribution is -0.117. The van der Waals surface area contributed by atoms with Crippen LogP contribution >= 0.6 is 22.6 Å². The summed E-state index contributed by atoms with van der Waals surface area (Å²) in [5.41, 5.74) is 0.792. The van der Waals surface area contributed by atoms with E-state index in [9.17, 15) is 4.79 Å². The average Bonchev–Trinajstić information content (AvgIpc) is 2.70. The lowest BCUT2D eigenvalue weighted by Gasteiger charge is -2.19. The van der Waals surface area contributed by atoms with Gasteiger partial charge in [-0.15, -0.1) is 0 Å². The Bertz CT molecular complexity index is 436. The highest BCUT2D eigenvalue weighted by molar-refractivity contribution is 14.1. The Hall–Kier alpha value is -0.820. The predicted octanol–water partition coefficient (Wildman–Crippen LogP) is 1.64. The maximum absolute atomic E-state index is 11.9. The molecular formula is C12H14INO3. The molecular weight excluding hydrogens is 333 g/mol. The second-order valence-electron chi connectivity index (χ2n) is 4.07. The molecule has 5 heteroatoms. The second kappa shape index (κ2) is 5.22. The van der Waals surface area contributed by atoms with Crippen LogP contribution in [0, 0.1) is 9.49 Å². The summed E-state index contributed by atoms with van der Waals surface area (Å²) in [6, 6.07) is 5.72. The highest BCUT2D eigenvalue weighted by atomic mass is 127. The molecule has 1 heterocycles. The van der Waals surface area contributed by atoms with Crippen molar-refractivity contribution in [1.29, 1.82) is 0 Å². The number of carbonyl (C=O) groups is 1. The molecule has 4 nitrogen and oxygen atoms in total. The van der Waals surface area contributed by atoms with Gasteiger partial charge in [0.2, 0.25) is 5.91 Å². The normalized spacial score (nSPS) is 19.8. The van der Waals surface area contributed by atoms with Crippen molar-refractivity contribution in [3.63, 3.8) is 0 Å². The molecule has 1 aromatic rings. The first kappa shape index (κ1) is 12.6. The summed E-state index contributed by atoms with van der Waals surface area (Å²) < 4.78 is 6.32. The van der Waals surface area contributed by atoms with E-state index in [1.807, 2.05) is 18.2 Å². The van der Waals surface area contributed by atoms with E-state index >= 15 is 0 Å². The van der Waals surface area contributed by atoms with Crippen LogP contribution in [0.3, 0.4) is 0 Å². The number of hydrogen-bond acceptors (Lipinski definition) is 3. The number of benzene rings is 1. The molecule has 1 aliphatic heterocycles. The van der Waals surface area contributed by atoms with Crippen LogP contribution in [0.2, 0.25) is 0 Å². The molecule has 1 aromatic carbocycles. The maximum atomic E-state index is 11.9. The van der Waals surface area contributed by atoms with Gasteiger partial charge in [-0.1, -0.05) is 0 Å². The van der Waals surface area contributed by atoms with Crippen molar-refractivity contribution in [3.8, 4) is 5.75 Å². The van der Waals surface area contributed by atoms with Gasteiger partial charge in [0.05, 0.1) is 12.8 Å². The first-order valence-electron chi connectivity index (χ1n) is 5.40. The molecule has 1 amide bonds. The van der Waals surface area contributed by atoms with Crippen LogP contribution in [0.25, 0.3) is 0 Å².